The van der Waals surface area contributed by atoms with Crippen LogP contribution in [0.3, 0.4) is 0 Å². The Kier molecular flexibility index (Phi) is 5.29. The first-order valence-corrected chi connectivity index (χ1v) is 4.09. The van der Waals surface area contributed by atoms with Crippen LogP contribution in [0.1, 0.15) is 19.8 Å². The van der Waals surface area contributed by atoms with E-state index < -0.39 is 0 Å². The van der Waals surface area contributed by atoms with Crippen LogP contribution in [0.15, 0.2) is 24.9 Å². The molecule has 0 unspecified atom stereocenters. The second kappa shape index (κ2) is 6.01. The van der Waals surface area contributed by atoms with Gasteiger partial charge in [-0.15, -0.1) is 0 Å². The largest absolute Gasteiger partial charge is 0.320 e. The first-order valence-electron chi connectivity index (χ1n) is 4.09. The molecule has 1 heterocycles. The van der Waals surface area contributed by atoms with Crippen LogP contribution in [0.5, 0.6) is 0 Å². The molecular weight excluding hydrogens is 164 g/mol. The van der Waals surface area contributed by atoms with Crippen molar-refractivity contribution in [1.29, 1.82) is 5.26 Å². The zero-order valence-electron chi connectivity index (χ0n) is 7.92. The Morgan fingerprint density at radius 2 is 2.31 bits per heavy atom. The van der Waals surface area contributed by atoms with Crippen LogP contribution in [-0.2, 0) is 4.79 Å². The molecule has 0 aromatic carbocycles. The summed E-state index contributed by atoms with van der Waals surface area (Å²) < 4.78 is 0. The monoisotopic (exact) mass is 178 g/mol. The number of carbonyl (C=O) groups is 1. The second-order valence-corrected chi connectivity index (χ2v) is 2.77. The van der Waals surface area contributed by atoms with Crippen LogP contribution in [0, 0.1) is 11.3 Å². The Morgan fingerprint density at radius 3 is 2.46 bits per heavy atom. The molecule has 3 heteroatoms. The van der Waals surface area contributed by atoms with Crippen molar-refractivity contribution < 1.29 is 4.79 Å². The van der Waals surface area contributed by atoms with E-state index in [-0.39, 0.29) is 5.91 Å². The van der Waals surface area contributed by atoms with Crippen molar-refractivity contribution in [3.8, 4) is 6.07 Å². The highest BCUT2D eigenvalue weighted by atomic mass is 16.2. The van der Waals surface area contributed by atoms with E-state index in [1.54, 1.807) is 18.0 Å². The summed E-state index contributed by atoms with van der Waals surface area (Å²) in [5.41, 5.74) is 0.560. The summed E-state index contributed by atoms with van der Waals surface area (Å²) in [7, 11) is 0. The Balaban J connectivity index is 0.000000252. The number of carbonyl (C=O) groups excluding carboxylic acids is 1. The molecule has 1 aliphatic rings. The molecule has 1 saturated heterocycles. The third-order valence-electron chi connectivity index (χ3n) is 1.52. The van der Waals surface area contributed by atoms with Gasteiger partial charge in [0.05, 0.1) is 6.07 Å². The maximum absolute atomic E-state index is 10.7. The molecule has 1 amide bonds. The Labute approximate surface area is 79.0 Å². The van der Waals surface area contributed by atoms with Gasteiger partial charge in [-0.25, -0.2) is 0 Å². The van der Waals surface area contributed by atoms with Crippen LogP contribution in [-0.4, -0.2) is 17.4 Å². The highest BCUT2D eigenvalue weighted by Crippen LogP contribution is 2.08. The molecule has 0 spiro atoms. The summed E-state index contributed by atoms with van der Waals surface area (Å²) >= 11 is 0. The predicted molar refractivity (Wildman–Crippen MR) is 51.6 cm³/mol. The van der Waals surface area contributed by atoms with Gasteiger partial charge in [0.15, 0.2) is 0 Å². The van der Waals surface area contributed by atoms with Crippen molar-refractivity contribution in [3.63, 3.8) is 0 Å². The van der Waals surface area contributed by atoms with Crippen molar-refractivity contribution in [2.45, 2.75) is 19.8 Å². The average molecular weight is 178 g/mol. The van der Waals surface area contributed by atoms with Gasteiger partial charge in [-0.1, -0.05) is 13.2 Å². The fourth-order valence-corrected chi connectivity index (χ4v) is 0.862. The summed E-state index contributed by atoms with van der Waals surface area (Å²) in [5.74, 6) is 0.208. The molecule has 0 bridgehead atoms. The van der Waals surface area contributed by atoms with Gasteiger partial charge in [0.25, 0.3) is 0 Å². The lowest BCUT2D eigenvalue weighted by molar-refractivity contribution is -0.125. The van der Waals surface area contributed by atoms with E-state index >= 15 is 0 Å². The number of likely N-dealkylation sites (tertiary alicyclic amines) is 1. The van der Waals surface area contributed by atoms with Crippen molar-refractivity contribution in [2.75, 3.05) is 6.54 Å². The Hall–Kier alpha value is -1.56. The van der Waals surface area contributed by atoms with Gasteiger partial charge in [0.1, 0.15) is 0 Å². The molecule has 0 saturated carbocycles. The summed E-state index contributed by atoms with van der Waals surface area (Å²) in [6.07, 6.45) is 3.28. The van der Waals surface area contributed by atoms with Gasteiger partial charge in [0, 0.05) is 18.5 Å². The molecule has 0 N–H and O–H groups in total. The summed E-state index contributed by atoms with van der Waals surface area (Å²) in [6, 6.07) is 1.83. The lowest BCUT2D eigenvalue weighted by Crippen LogP contribution is -2.16. The minimum Gasteiger partial charge on any atom is -0.320 e. The molecule has 13 heavy (non-hydrogen) atoms. The van der Waals surface area contributed by atoms with Gasteiger partial charge in [0.2, 0.25) is 5.91 Å². The number of nitriles is 1. The first kappa shape index (κ1) is 11.4. The lowest BCUT2D eigenvalue weighted by Gasteiger charge is -2.05. The molecule has 70 valence electrons. The van der Waals surface area contributed by atoms with E-state index in [0.717, 1.165) is 13.0 Å². The third kappa shape index (κ3) is 4.81. The van der Waals surface area contributed by atoms with Gasteiger partial charge < -0.3 is 4.90 Å². The average Bonchev–Trinajstić information content (AvgIpc) is 2.52. The lowest BCUT2D eigenvalue weighted by atomic mass is 10.4. The molecule has 1 fully saturated rings. The maximum atomic E-state index is 10.7. The van der Waals surface area contributed by atoms with Crippen molar-refractivity contribution in [2.24, 2.45) is 0 Å². The van der Waals surface area contributed by atoms with E-state index in [1.165, 1.54) is 0 Å². The van der Waals surface area contributed by atoms with Gasteiger partial charge in [-0.2, -0.15) is 5.26 Å². The molecule has 1 aliphatic heterocycles. The molecular formula is C10H14N2O. The standard InChI is InChI=1S/C6H9NO.C4H5N/c1-2-7-5-3-4-6(7)8;1-4(2)3-5/h2H,1,3-5H2;1H2,2H3. The van der Waals surface area contributed by atoms with E-state index in [0.29, 0.717) is 12.0 Å². The van der Waals surface area contributed by atoms with Gasteiger partial charge >= 0.3 is 0 Å². The van der Waals surface area contributed by atoms with Gasteiger partial charge in [-0.05, 0) is 19.5 Å². The zero-order chi connectivity index (χ0) is 10.3. The summed E-state index contributed by atoms with van der Waals surface area (Å²) in [5, 5.41) is 7.79. The summed E-state index contributed by atoms with van der Waals surface area (Å²) in [4.78, 5) is 12.3. The van der Waals surface area contributed by atoms with Crippen molar-refractivity contribution in [3.05, 3.63) is 24.9 Å². The summed E-state index contributed by atoms with van der Waals surface area (Å²) in [6.45, 7) is 9.34. The molecule has 3 nitrogen and oxygen atoms in total. The fourth-order valence-electron chi connectivity index (χ4n) is 0.862. The molecule has 0 aromatic heterocycles. The number of rotatable bonds is 1. The number of allylic oxidation sites excluding steroid dienone is 1. The minimum absolute atomic E-state index is 0.208. The van der Waals surface area contributed by atoms with Crippen molar-refractivity contribution >= 4 is 5.91 Å². The topological polar surface area (TPSA) is 44.1 Å². The van der Waals surface area contributed by atoms with Crippen LogP contribution in [0.2, 0.25) is 0 Å². The smallest absolute Gasteiger partial charge is 0.226 e. The number of nitrogens with zero attached hydrogens (tertiary/aromatic N) is 2. The minimum atomic E-state index is 0.208. The molecule has 0 aliphatic carbocycles. The predicted octanol–water partition coefficient (Wildman–Crippen LogP) is 1.84. The number of hydrogen-bond acceptors (Lipinski definition) is 2. The molecule has 0 atom stereocenters. The van der Waals surface area contributed by atoms with Crippen LogP contribution in [0.25, 0.3) is 0 Å². The first-order chi connectivity index (χ1) is 6.11. The quantitative estimate of drug-likeness (QED) is 0.575. The number of hydrogen-bond donors (Lipinski definition) is 0. The zero-order valence-corrected chi connectivity index (χ0v) is 7.92. The number of amides is 1. The van der Waals surface area contributed by atoms with Gasteiger partial charge in [-0.3, -0.25) is 4.79 Å². The highest BCUT2D eigenvalue weighted by Gasteiger charge is 2.15. The molecule has 0 radical (unpaired) electrons. The Morgan fingerprint density at radius 1 is 1.77 bits per heavy atom. The van der Waals surface area contributed by atoms with E-state index in [1.807, 2.05) is 6.07 Å². The Bertz CT molecular complexity index is 250. The maximum Gasteiger partial charge on any atom is 0.226 e. The fraction of sp³-hybridized carbons (Fsp3) is 0.400. The van der Waals surface area contributed by atoms with E-state index in [4.69, 9.17) is 5.26 Å². The van der Waals surface area contributed by atoms with E-state index in [2.05, 4.69) is 13.2 Å². The van der Waals surface area contributed by atoms with Crippen molar-refractivity contribution in [1.82, 2.24) is 4.90 Å². The van der Waals surface area contributed by atoms with E-state index in [9.17, 15) is 4.79 Å². The SMILES string of the molecule is C=C(C)C#N.C=CN1CCCC1=O. The molecule has 0 aromatic rings. The van der Waals surface area contributed by atoms with Crippen LogP contribution in [0.4, 0.5) is 0 Å². The highest BCUT2D eigenvalue weighted by molar-refractivity contribution is 5.78. The second-order valence-electron chi connectivity index (χ2n) is 2.77. The third-order valence-corrected chi connectivity index (χ3v) is 1.52. The molecule has 1 rings (SSSR count). The van der Waals surface area contributed by atoms with Crippen LogP contribution < -0.4 is 0 Å². The normalized spacial score (nSPS) is 14.2. The van der Waals surface area contributed by atoms with Crippen LogP contribution >= 0.6 is 0 Å².